The molecule has 0 saturated carbocycles. The summed E-state index contributed by atoms with van der Waals surface area (Å²) in [7, 11) is 1.84. The zero-order valence-electron chi connectivity index (χ0n) is 18.3. The van der Waals surface area contributed by atoms with Gasteiger partial charge in [0.25, 0.3) is 0 Å². The quantitative estimate of drug-likeness (QED) is 0.592. The van der Waals surface area contributed by atoms with Crippen LogP contribution >= 0.6 is 0 Å². The number of amides is 2. The van der Waals surface area contributed by atoms with E-state index in [1.165, 1.54) is 0 Å². The highest BCUT2D eigenvalue weighted by Gasteiger charge is 2.33. The number of likely N-dealkylation sites (N-methyl/N-ethyl adjacent to an activating group) is 1. The maximum Gasteiger partial charge on any atom is 0.237 e. The molecule has 1 saturated heterocycles. The van der Waals surface area contributed by atoms with Gasteiger partial charge in [-0.15, -0.1) is 0 Å². The van der Waals surface area contributed by atoms with E-state index in [1.54, 1.807) is 17.2 Å². The molecule has 2 amide bonds. The summed E-state index contributed by atoms with van der Waals surface area (Å²) >= 11 is 0. The average Bonchev–Trinajstić information content (AvgIpc) is 3.51. The number of furan rings is 1. The lowest BCUT2D eigenvalue weighted by molar-refractivity contribution is -0.134. The zero-order valence-corrected chi connectivity index (χ0v) is 18.3. The molecule has 0 bridgehead atoms. The highest BCUT2D eigenvalue weighted by atomic mass is 16.3. The van der Waals surface area contributed by atoms with Crippen LogP contribution in [0.3, 0.4) is 0 Å². The molecule has 2 heterocycles. The maximum atomic E-state index is 13.3. The number of hydrogen-bond donors (Lipinski definition) is 1. The molecule has 1 aliphatic rings. The molecule has 0 aliphatic carbocycles. The molecular weight excluding hydrogens is 402 g/mol. The van der Waals surface area contributed by atoms with E-state index in [4.69, 9.17) is 4.42 Å². The minimum atomic E-state index is -0.297. The SMILES string of the molecule is CN(C(=O)CN1CCCC1C(=O)NCc1ccco1)C(c1ccccc1)c1ccccc1. The Morgan fingerprint density at radius 1 is 1.03 bits per heavy atom. The van der Waals surface area contributed by atoms with E-state index < -0.39 is 0 Å². The molecule has 32 heavy (non-hydrogen) atoms. The molecule has 4 rings (SSSR count). The van der Waals surface area contributed by atoms with Gasteiger partial charge in [-0.1, -0.05) is 60.7 Å². The molecule has 6 heteroatoms. The Morgan fingerprint density at radius 2 is 1.69 bits per heavy atom. The van der Waals surface area contributed by atoms with Crippen LogP contribution in [-0.4, -0.2) is 47.8 Å². The van der Waals surface area contributed by atoms with E-state index in [1.807, 2.05) is 78.7 Å². The standard InChI is InChI=1S/C26H29N3O3/c1-28(25(20-10-4-2-5-11-20)21-12-6-3-7-13-21)24(30)19-29-16-8-15-23(29)26(31)27-18-22-14-9-17-32-22/h2-7,9-14,17,23,25H,8,15-16,18-19H2,1H3,(H,27,31). The second kappa shape index (κ2) is 10.3. The first kappa shape index (κ1) is 21.8. The lowest BCUT2D eigenvalue weighted by Crippen LogP contribution is -2.47. The van der Waals surface area contributed by atoms with Crippen LogP contribution in [0.2, 0.25) is 0 Å². The number of likely N-dealkylation sites (tertiary alicyclic amines) is 1. The van der Waals surface area contributed by atoms with Crippen LogP contribution in [0.5, 0.6) is 0 Å². The third kappa shape index (κ3) is 5.08. The van der Waals surface area contributed by atoms with Gasteiger partial charge >= 0.3 is 0 Å². The minimum absolute atomic E-state index is 0.00607. The Morgan fingerprint density at radius 3 is 2.28 bits per heavy atom. The van der Waals surface area contributed by atoms with Crippen LogP contribution < -0.4 is 5.32 Å². The van der Waals surface area contributed by atoms with Crippen LogP contribution in [0.15, 0.2) is 83.5 Å². The maximum absolute atomic E-state index is 13.3. The fraction of sp³-hybridized carbons (Fsp3) is 0.308. The predicted molar refractivity (Wildman–Crippen MR) is 123 cm³/mol. The van der Waals surface area contributed by atoms with Crippen LogP contribution in [0, 0.1) is 0 Å². The van der Waals surface area contributed by atoms with Crippen molar-refractivity contribution in [1.29, 1.82) is 0 Å². The topological polar surface area (TPSA) is 65.8 Å². The second-order valence-corrected chi connectivity index (χ2v) is 8.15. The van der Waals surface area contributed by atoms with Crippen molar-refractivity contribution in [2.24, 2.45) is 0 Å². The van der Waals surface area contributed by atoms with Crippen molar-refractivity contribution in [3.63, 3.8) is 0 Å². The van der Waals surface area contributed by atoms with Crippen LogP contribution in [0.4, 0.5) is 0 Å². The summed E-state index contributed by atoms with van der Waals surface area (Å²) in [5.74, 6) is 0.651. The van der Waals surface area contributed by atoms with Crippen molar-refractivity contribution in [3.8, 4) is 0 Å². The van der Waals surface area contributed by atoms with Gasteiger partial charge < -0.3 is 14.6 Å². The first-order valence-corrected chi connectivity index (χ1v) is 11.0. The van der Waals surface area contributed by atoms with Gasteiger partial charge in [0, 0.05) is 7.05 Å². The van der Waals surface area contributed by atoms with Crippen molar-refractivity contribution in [1.82, 2.24) is 15.1 Å². The van der Waals surface area contributed by atoms with E-state index in [0.29, 0.717) is 12.3 Å². The number of rotatable bonds is 8. The fourth-order valence-electron chi connectivity index (χ4n) is 4.36. The van der Waals surface area contributed by atoms with Gasteiger partial charge in [0.05, 0.1) is 31.4 Å². The van der Waals surface area contributed by atoms with Gasteiger partial charge in [-0.05, 0) is 42.6 Å². The Hall–Kier alpha value is -3.38. The van der Waals surface area contributed by atoms with Crippen LogP contribution in [0.1, 0.15) is 35.8 Å². The molecule has 1 aromatic heterocycles. The number of carbonyl (C=O) groups is 2. The lowest BCUT2D eigenvalue weighted by atomic mass is 9.97. The number of benzene rings is 2. The van der Waals surface area contributed by atoms with Gasteiger partial charge in [-0.25, -0.2) is 0 Å². The summed E-state index contributed by atoms with van der Waals surface area (Å²) in [5, 5.41) is 2.93. The summed E-state index contributed by atoms with van der Waals surface area (Å²) in [6, 6.07) is 23.2. The molecule has 0 spiro atoms. The van der Waals surface area contributed by atoms with Crippen molar-refractivity contribution >= 4 is 11.8 Å². The van der Waals surface area contributed by atoms with Gasteiger partial charge in [0.1, 0.15) is 5.76 Å². The molecule has 1 fully saturated rings. The van der Waals surface area contributed by atoms with Gasteiger partial charge in [0.2, 0.25) is 11.8 Å². The van der Waals surface area contributed by atoms with Gasteiger partial charge in [-0.3, -0.25) is 14.5 Å². The molecule has 6 nitrogen and oxygen atoms in total. The molecule has 2 aromatic carbocycles. The first-order chi connectivity index (χ1) is 15.6. The average molecular weight is 432 g/mol. The van der Waals surface area contributed by atoms with Gasteiger partial charge in [-0.2, -0.15) is 0 Å². The first-order valence-electron chi connectivity index (χ1n) is 11.0. The van der Waals surface area contributed by atoms with E-state index in [9.17, 15) is 9.59 Å². The lowest BCUT2D eigenvalue weighted by Gasteiger charge is -2.32. The molecule has 166 valence electrons. The van der Waals surface area contributed by atoms with E-state index in [0.717, 1.165) is 30.5 Å². The van der Waals surface area contributed by atoms with Gasteiger partial charge in [0.15, 0.2) is 0 Å². The summed E-state index contributed by atoms with van der Waals surface area (Å²) in [6.45, 7) is 1.30. The zero-order chi connectivity index (χ0) is 22.3. The Labute approximate surface area is 188 Å². The normalized spacial score (nSPS) is 16.2. The molecular formula is C26H29N3O3. The highest BCUT2D eigenvalue weighted by Crippen LogP contribution is 2.28. The smallest absolute Gasteiger partial charge is 0.237 e. The van der Waals surface area contributed by atoms with Crippen LogP contribution in [-0.2, 0) is 16.1 Å². The van der Waals surface area contributed by atoms with Crippen molar-refractivity contribution in [2.45, 2.75) is 31.5 Å². The van der Waals surface area contributed by atoms with E-state index >= 15 is 0 Å². The van der Waals surface area contributed by atoms with Crippen molar-refractivity contribution < 1.29 is 14.0 Å². The molecule has 0 radical (unpaired) electrons. The monoisotopic (exact) mass is 431 g/mol. The third-order valence-corrected chi connectivity index (χ3v) is 6.03. The Bertz CT molecular complexity index is 966. The van der Waals surface area contributed by atoms with E-state index in [-0.39, 0.29) is 30.4 Å². The fourth-order valence-corrected chi connectivity index (χ4v) is 4.36. The van der Waals surface area contributed by atoms with Crippen molar-refractivity contribution in [2.75, 3.05) is 20.1 Å². The van der Waals surface area contributed by atoms with E-state index in [2.05, 4.69) is 5.32 Å². The summed E-state index contributed by atoms with van der Waals surface area (Å²) in [6.07, 6.45) is 3.24. The minimum Gasteiger partial charge on any atom is -0.467 e. The second-order valence-electron chi connectivity index (χ2n) is 8.15. The molecule has 3 aromatic rings. The molecule has 1 N–H and O–H groups in total. The number of carbonyl (C=O) groups excluding carboxylic acids is 2. The number of nitrogens with one attached hydrogen (secondary N) is 1. The summed E-state index contributed by atoms with van der Waals surface area (Å²) in [4.78, 5) is 29.9. The third-order valence-electron chi connectivity index (χ3n) is 6.03. The summed E-state index contributed by atoms with van der Waals surface area (Å²) < 4.78 is 5.29. The molecule has 1 atom stereocenters. The van der Waals surface area contributed by atoms with Crippen molar-refractivity contribution in [3.05, 3.63) is 95.9 Å². The molecule has 1 aliphatic heterocycles. The number of nitrogens with zero attached hydrogens (tertiary/aromatic N) is 2. The number of hydrogen-bond acceptors (Lipinski definition) is 4. The molecule has 1 unspecified atom stereocenters. The summed E-state index contributed by atoms with van der Waals surface area (Å²) in [5.41, 5.74) is 2.12. The largest absolute Gasteiger partial charge is 0.467 e. The predicted octanol–water partition coefficient (Wildman–Crippen LogP) is 3.61. The Kier molecular flexibility index (Phi) is 7.02. The highest BCUT2D eigenvalue weighted by molar-refractivity contribution is 5.84. The Balaban J connectivity index is 1.44. The van der Waals surface area contributed by atoms with Crippen LogP contribution in [0.25, 0.3) is 0 Å².